The van der Waals surface area contributed by atoms with Gasteiger partial charge < -0.3 is 5.32 Å². The summed E-state index contributed by atoms with van der Waals surface area (Å²) in [5, 5.41) is 7.57. The quantitative estimate of drug-likeness (QED) is 0.804. The Morgan fingerprint density at radius 1 is 1.14 bits per heavy atom. The first-order valence-electron chi connectivity index (χ1n) is 6.96. The first-order valence-corrected chi connectivity index (χ1v) is 6.96. The van der Waals surface area contributed by atoms with Crippen molar-refractivity contribution in [2.24, 2.45) is 0 Å². The van der Waals surface area contributed by atoms with Crippen LogP contribution in [0.2, 0.25) is 0 Å². The van der Waals surface area contributed by atoms with Crippen LogP contribution in [-0.4, -0.2) is 19.7 Å². The summed E-state index contributed by atoms with van der Waals surface area (Å²) in [6.45, 7) is 4.46. The van der Waals surface area contributed by atoms with Crippen LogP contribution in [0.1, 0.15) is 17.0 Å². The van der Waals surface area contributed by atoms with Gasteiger partial charge in [0.2, 0.25) is 0 Å². The maximum absolute atomic E-state index is 12.9. The largest absolute Gasteiger partial charge is 0.365 e. The first kappa shape index (κ1) is 14.2. The molecule has 0 radical (unpaired) electrons. The highest BCUT2D eigenvalue weighted by Crippen LogP contribution is 2.12. The smallest absolute Gasteiger partial charge is 0.174 e. The molecule has 112 valence electrons. The van der Waals surface area contributed by atoms with Gasteiger partial charge in [-0.1, -0.05) is 12.1 Å². The average Bonchev–Trinajstić information content (AvgIpc) is 2.86. The average molecular weight is 297 g/mol. The van der Waals surface area contributed by atoms with Crippen molar-refractivity contribution in [1.82, 2.24) is 19.7 Å². The van der Waals surface area contributed by atoms with Crippen LogP contribution in [0.25, 0.3) is 5.82 Å². The third-order valence-electron chi connectivity index (χ3n) is 3.24. The number of hydrogen-bond donors (Lipinski definition) is 1. The predicted molar refractivity (Wildman–Crippen MR) is 82.4 cm³/mol. The number of nitrogens with one attached hydrogen (secondary N) is 1. The molecular formula is C16H16FN5. The molecule has 3 rings (SSSR count). The summed E-state index contributed by atoms with van der Waals surface area (Å²) in [5.74, 6) is 1.07. The summed E-state index contributed by atoms with van der Waals surface area (Å²) in [5.41, 5.74) is 2.91. The Morgan fingerprint density at radius 2 is 1.91 bits per heavy atom. The SMILES string of the molecule is Cc1cc(C)n(-c2cncc(NCc3ccc(F)cc3)n2)n1. The highest BCUT2D eigenvalue weighted by molar-refractivity contribution is 5.37. The fourth-order valence-electron chi connectivity index (χ4n) is 2.20. The number of anilines is 1. The molecule has 3 aromatic rings. The lowest BCUT2D eigenvalue weighted by molar-refractivity contribution is 0.627. The molecular weight excluding hydrogens is 281 g/mol. The van der Waals surface area contributed by atoms with Crippen molar-refractivity contribution >= 4 is 5.82 Å². The zero-order valence-corrected chi connectivity index (χ0v) is 12.4. The molecule has 1 aromatic carbocycles. The van der Waals surface area contributed by atoms with Gasteiger partial charge in [-0.05, 0) is 37.6 Å². The second-order valence-corrected chi connectivity index (χ2v) is 5.08. The predicted octanol–water partition coefficient (Wildman–Crippen LogP) is 3.03. The summed E-state index contributed by atoms with van der Waals surface area (Å²) < 4.78 is 14.6. The van der Waals surface area contributed by atoms with Crippen molar-refractivity contribution in [2.45, 2.75) is 20.4 Å². The van der Waals surface area contributed by atoms with Crippen LogP contribution in [0, 0.1) is 19.7 Å². The summed E-state index contributed by atoms with van der Waals surface area (Å²) in [4.78, 5) is 8.69. The minimum atomic E-state index is -0.241. The molecule has 0 saturated carbocycles. The molecule has 1 N–H and O–H groups in total. The molecule has 6 heteroatoms. The number of aryl methyl sites for hydroxylation is 2. The minimum Gasteiger partial charge on any atom is -0.365 e. The van der Waals surface area contributed by atoms with E-state index in [1.165, 1.54) is 12.1 Å². The molecule has 0 aliphatic rings. The zero-order valence-electron chi connectivity index (χ0n) is 12.4. The van der Waals surface area contributed by atoms with Crippen LogP contribution in [0.4, 0.5) is 10.2 Å². The van der Waals surface area contributed by atoms with Crippen LogP contribution < -0.4 is 5.32 Å². The highest BCUT2D eigenvalue weighted by Gasteiger charge is 2.06. The lowest BCUT2D eigenvalue weighted by atomic mass is 10.2. The number of nitrogens with zero attached hydrogens (tertiary/aromatic N) is 4. The molecule has 5 nitrogen and oxygen atoms in total. The molecule has 0 aliphatic carbocycles. The van der Waals surface area contributed by atoms with E-state index in [4.69, 9.17) is 0 Å². The normalized spacial score (nSPS) is 10.7. The third-order valence-corrected chi connectivity index (χ3v) is 3.24. The van der Waals surface area contributed by atoms with Crippen LogP contribution in [-0.2, 0) is 6.54 Å². The van der Waals surface area contributed by atoms with Crippen molar-refractivity contribution in [3.05, 3.63) is 65.5 Å². The Balaban J connectivity index is 1.76. The third kappa shape index (κ3) is 3.11. The molecule has 22 heavy (non-hydrogen) atoms. The number of hydrogen-bond acceptors (Lipinski definition) is 4. The van der Waals surface area contributed by atoms with E-state index in [-0.39, 0.29) is 5.82 Å². The fourth-order valence-corrected chi connectivity index (χ4v) is 2.20. The van der Waals surface area contributed by atoms with E-state index in [1.807, 2.05) is 19.9 Å². The Kier molecular flexibility index (Phi) is 3.82. The Hall–Kier alpha value is -2.76. The molecule has 0 aliphatic heterocycles. The number of halogens is 1. The lowest BCUT2D eigenvalue weighted by Gasteiger charge is -2.08. The van der Waals surface area contributed by atoms with Crippen molar-refractivity contribution < 1.29 is 4.39 Å². The van der Waals surface area contributed by atoms with Gasteiger partial charge in [-0.3, -0.25) is 4.98 Å². The zero-order chi connectivity index (χ0) is 15.5. The minimum absolute atomic E-state index is 0.241. The van der Waals surface area contributed by atoms with Gasteiger partial charge in [0.1, 0.15) is 11.6 Å². The fraction of sp³-hybridized carbons (Fsp3) is 0.188. The van der Waals surface area contributed by atoms with Gasteiger partial charge in [0.05, 0.1) is 18.1 Å². The summed E-state index contributed by atoms with van der Waals surface area (Å²) >= 11 is 0. The van der Waals surface area contributed by atoms with Crippen LogP contribution >= 0.6 is 0 Å². The Morgan fingerprint density at radius 3 is 2.59 bits per heavy atom. The van der Waals surface area contributed by atoms with Gasteiger partial charge in [0.25, 0.3) is 0 Å². The lowest BCUT2D eigenvalue weighted by Crippen LogP contribution is -2.07. The summed E-state index contributed by atoms with van der Waals surface area (Å²) in [6.07, 6.45) is 3.32. The van der Waals surface area contributed by atoms with Gasteiger partial charge >= 0.3 is 0 Å². The second kappa shape index (κ2) is 5.93. The second-order valence-electron chi connectivity index (χ2n) is 5.08. The molecule has 0 spiro atoms. The topological polar surface area (TPSA) is 55.6 Å². The highest BCUT2D eigenvalue weighted by atomic mass is 19.1. The number of rotatable bonds is 4. The van der Waals surface area contributed by atoms with Crippen molar-refractivity contribution in [2.75, 3.05) is 5.32 Å². The molecule has 0 amide bonds. The van der Waals surface area contributed by atoms with Gasteiger partial charge in [-0.25, -0.2) is 14.1 Å². The van der Waals surface area contributed by atoms with E-state index in [1.54, 1.807) is 29.2 Å². The van der Waals surface area contributed by atoms with Crippen LogP contribution in [0.5, 0.6) is 0 Å². The van der Waals surface area contributed by atoms with E-state index in [2.05, 4.69) is 20.4 Å². The molecule has 0 bridgehead atoms. The maximum atomic E-state index is 12.9. The van der Waals surface area contributed by atoms with Crippen molar-refractivity contribution in [1.29, 1.82) is 0 Å². The molecule has 0 unspecified atom stereocenters. The standard InChI is InChI=1S/C16H16FN5/c1-11-7-12(2)22(21-11)16-10-18-9-15(20-16)19-8-13-3-5-14(17)6-4-13/h3-7,9-10H,8H2,1-2H3,(H,19,20). The van der Waals surface area contributed by atoms with Gasteiger partial charge in [-0.2, -0.15) is 5.10 Å². The van der Waals surface area contributed by atoms with E-state index < -0.39 is 0 Å². The maximum Gasteiger partial charge on any atom is 0.174 e. The number of aromatic nitrogens is 4. The first-order chi connectivity index (χ1) is 10.6. The molecule has 2 aromatic heterocycles. The van der Waals surface area contributed by atoms with Gasteiger partial charge in [0, 0.05) is 12.2 Å². The molecule has 0 atom stereocenters. The van der Waals surface area contributed by atoms with Crippen LogP contribution in [0.3, 0.4) is 0 Å². The van der Waals surface area contributed by atoms with Crippen molar-refractivity contribution in [3.8, 4) is 5.82 Å². The van der Waals surface area contributed by atoms with Crippen LogP contribution in [0.15, 0.2) is 42.7 Å². The van der Waals surface area contributed by atoms with E-state index >= 15 is 0 Å². The summed E-state index contributed by atoms with van der Waals surface area (Å²) in [7, 11) is 0. The molecule has 0 saturated heterocycles. The van der Waals surface area contributed by atoms with E-state index in [0.717, 1.165) is 17.0 Å². The van der Waals surface area contributed by atoms with E-state index in [0.29, 0.717) is 18.2 Å². The molecule has 0 fully saturated rings. The van der Waals surface area contributed by atoms with E-state index in [9.17, 15) is 4.39 Å². The van der Waals surface area contributed by atoms with Gasteiger partial charge in [-0.15, -0.1) is 0 Å². The Bertz CT molecular complexity index is 779. The Labute approximate surface area is 127 Å². The summed E-state index contributed by atoms with van der Waals surface area (Å²) in [6, 6.07) is 8.34. The van der Waals surface area contributed by atoms with Crippen molar-refractivity contribution in [3.63, 3.8) is 0 Å². The number of benzene rings is 1. The molecule has 2 heterocycles. The monoisotopic (exact) mass is 297 g/mol. The van der Waals surface area contributed by atoms with Gasteiger partial charge in [0.15, 0.2) is 5.82 Å².